The van der Waals surface area contributed by atoms with Gasteiger partial charge in [0, 0.05) is 13.5 Å². The molecule has 2 rings (SSSR count). The highest BCUT2D eigenvalue weighted by Gasteiger charge is 2.44. The van der Waals surface area contributed by atoms with E-state index >= 15 is 0 Å². The lowest BCUT2D eigenvalue weighted by atomic mass is 10.0. The Kier molecular flexibility index (Phi) is 4.02. The van der Waals surface area contributed by atoms with Crippen molar-refractivity contribution in [1.82, 2.24) is 15.5 Å². The van der Waals surface area contributed by atoms with E-state index in [2.05, 4.69) is 17.2 Å². The summed E-state index contributed by atoms with van der Waals surface area (Å²) in [5, 5.41) is 4.87. The first kappa shape index (κ1) is 14.7. The topological polar surface area (TPSA) is 95.6 Å². The molecule has 7 nitrogen and oxygen atoms in total. The predicted molar refractivity (Wildman–Crippen MR) is 73.4 cm³/mol. The molecule has 4 amide bonds. The van der Waals surface area contributed by atoms with Crippen LogP contribution >= 0.6 is 0 Å². The standard InChI is InChI=1S/C14H15N3O4/c1-3-8-9(6-7-15-2)14(21)17(13(8)20)10-4-5-11(18)16-12(10)19/h3,6-7,10,15H,1,4-5H2,2H3,(H,16,18,19)/b7-6-. The maximum Gasteiger partial charge on any atom is 0.262 e. The first-order chi connectivity index (χ1) is 10.0. The van der Waals surface area contributed by atoms with Gasteiger partial charge in [0.2, 0.25) is 11.8 Å². The number of nitrogens with one attached hydrogen (secondary N) is 2. The summed E-state index contributed by atoms with van der Waals surface area (Å²) in [4.78, 5) is 48.6. The van der Waals surface area contributed by atoms with Crippen molar-refractivity contribution in [1.29, 1.82) is 0 Å². The minimum atomic E-state index is -0.960. The lowest BCUT2D eigenvalue weighted by Crippen LogP contribution is -2.54. The molecule has 2 aliphatic heterocycles. The van der Waals surface area contributed by atoms with Gasteiger partial charge in [-0.2, -0.15) is 0 Å². The SMILES string of the molecule is C=CC1=C(/C=C\NC)C(=O)N(C2CCC(=O)NC2=O)C1=O. The second-order valence-electron chi connectivity index (χ2n) is 4.60. The Hall–Kier alpha value is -2.70. The number of amides is 4. The van der Waals surface area contributed by atoms with Crippen molar-refractivity contribution >= 4 is 23.6 Å². The summed E-state index contributed by atoms with van der Waals surface area (Å²) in [7, 11) is 1.66. The van der Waals surface area contributed by atoms with Gasteiger partial charge in [-0.3, -0.25) is 29.4 Å². The molecular formula is C14H15N3O4. The third-order valence-electron chi connectivity index (χ3n) is 3.33. The first-order valence-electron chi connectivity index (χ1n) is 6.43. The monoisotopic (exact) mass is 289 g/mol. The number of nitrogens with zero attached hydrogens (tertiary/aromatic N) is 1. The molecule has 0 radical (unpaired) electrons. The lowest BCUT2D eigenvalue weighted by Gasteiger charge is -2.28. The first-order valence-corrected chi connectivity index (χ1v) is 6.43. The second-order valence-corrected chi connectivity index (χ2v) is 4.60. The highest BCUT2D eigenvalue weighted by atomic mass is 16.2. The maximum atomic E-state index is 12.4. The summed E-state index contributed by atoms with van der Waals surface area (Å²) in [5.74, 6) is -2.16. The van der Waals surface area contributed by atoms with E-state index in [1.165, 1.54) is 18.4 Å². The molecule has 1 fully saturated rings. The average Bonchev–Trinajstić information content (AvgIpc) is 2.68. The molecule has 2 heterocycles. The Bertz CT molecular complexity index is 603. The summed E-state index contributed by atoms with van der Waals surface area (Å²) in [5.41, 5.74) is 0.324. The van der Waals surface area contributed by atoms with Crippen LogP contribution in [0.15, 0.2) is 36.1 Å². The molecule has 1 unspecified atom stereocenters. The van der Waals surface area contributed by atoms with Crippen molar-refractivity contribution in [2.45, 2.75) is 18.9 Å². The molecular weight excluding hydrogens is 274 g/mol. The zero-order valence-corrected chi connectivity index (χ0v) is 11.5. The van der Waals surface area contributed by atoms with Crippen LogP contribution in [0.2, 0.25) is 0 Å². The van der Waals surface area contributed by atoms with Crippen molar-refractivity contribution in [3.63, 3.8) is 0 Å². The third-order valence-corrected chi connectivity index (χ3v) is 3.33. The lowest BCUT2D eigenvalue weighted by molar-refractivity contribution is -0.149. The van der Waals surface area contributed by atoms with E-state index in [-0.39, 0.29) is 24.0 Å². The molecule has 1 saturated heterocycles. The van der Waals surface area contributed by atoms with Gasteiger partial charge in [0.15, 0.2) is 0 Å². The predicted octanol–water partition coefficient (Wildman–Crippen LogP) is -0.624. The molecule has 0 aromatic carbocycles. The zero-order chi connectivity index (χ0) is 15.6. The van der Waals surface area contributed by atoms with E-state index in [9.17, 15) is 19.2 Å². The van der Waals surface area contributed by atoms with Gasteiger partial charge in [0.1, 0.15) is 6.04 Å². The Morgan fingerprint density at radius 1 is 1.24 bits per heavy atom. The molecule has 0 aromatic heterocycles. The molecule has 0 spiro atoms. The van der Waals surface area contributed by atoms with Crippen LogP contribution in [-0.4, -0.2) is 41.6 Å². The van der Waals surface area contributed by atoms with Gasteiger partial charge in [-0.15, -0.1) is 0 Å². The van der Waals surface area contributed by atoms with Crippen molar-refractivity contribution in [3.05, 3.63) is 36.1 Å². The van der Waals surface area contributed by atoms with E-state index in [0.717, 1.165) is 4.90 Å². The van der Waals surface area contributed by atoms with E-state index in [1.807, 2.05) is 0 Å². The number of piperidine rings is 1. The molecule has 110 valence electrons. The fourth-order valence-electron chi connectivity index (χ4n) is 2.32. The van der Waals surface area contributed by atoms with Crippen molar-refractivity contribution < 1.29 is 19.2 Å². The number of hydrogen-bond donors (Lipinski definition) is 2. The Labute approximate surface area is 121 Å². The summed E-state index contributed by atoms with van der Waals surface area (Å²) < 4.78 is 0. The van der Waals surface area contributed by atoms with Gasteiger partial charge in [-0.1, -0.05) is 12.7 Å². The van der Waals surface area contributed by atoms with Gasteiger partial charge >= 0.3 is 0 Å². The number of rotatable bonds is 4. The normalized spacial score (nSPS) is 23.1. The van der Waals surface area contributed by atoms with Crippen LogP contribution in [0.1, 0.15) is 12.8 Å². The highest BCUT2D eigenvalue weighted by molar-refractivity contribution is 6.23. The quantitative estimate of drug-likeness (QED) is 0.672. The van der Waals surface area contributed by atoms with Gasteiger partial charge in [-0.25, -0.2) is 0 Å². The van der Waals surface area contributed by atoms with Crippen LogP contribution in [-0.2, 0) is 19.2 Å². The summed E-state index contributed by atoms with van der Waals surface area (Å²) in [6.45, 7) is 3.53. The van der Waals surface area contributed by atoms with Gasteiger partial charge in [0.25, 0.3) is 11.8 Å². The Morgan fingerprint density at radius 3 is 2.48 bits per heavy atom. The molecule has 0 aliphatic carbocycles. The van der Waals surface area contributed by atoms with E-state index in [4.69, 9.17) is 0 Å². The van der Waals surface area contributed by atoms with E-state index in [0.29, 0.717) is 0 Å². The molecule has 0 aromatic rings. The van der Waals surface area contributed by atoms with Crippen LogP contribution in [0, 0.1) is 0 Å². The molecule has 7 heteroatoms. The fraction of sp³-hybridized carbons (Fsp3) is 0.286. The average molecular weight is 289 g/mol. The van der Waals surface area contributed by atoms with Crippen LogP contribution in [0.5, 0.6) is 0 Å². The van der Waals surface area contributed by atoms with Gasteiger partial charge in [-0.05, 0) is 18.7 Å². The maximum absolute atomic E-state index is 12.4. The summed E-state index contributed by atoms with van der Waals surface area (Å²) >= 11 is 0. The summed E-state index contributed by atoms with van der Waals surface area (Å²) in [6, 6.07) is -0.960. The minimum absolute atomic E-state index is 0.0958. The largest absolute Gasteiger partial charge is 0.394 e. The summed E-state index contributed by atoms with van der Waals surface area (Å²) in [6.07, 6.45) is 4.50. The minimum Gasteiger partial charge on any atom is -0.394 e. The van der Waals surface area contributed by atoms with E-state index < -0.39 is 29.7 Å². The Balaban J connectivity index is 2.32. The van der Waals surface area contributed by atoms with Crippen LogP contribution in [0.4, 0.5) is 0 Å². The number of carbonyl (C=O) groups excluding carboxylic acids is 4. The van der Waals surface area contributed by atoms with Crippen LogP contribution in [0.25, 0.3) is 0 Å². The fourth-order valence-corrected chi connectivity index (χ4v) is 2.32. The van der Waals surface area contributed by atoms with Crippen molar-refractivity contribution in [3.8, 4) is 0 Å². The molecule has 21 heavy (non-hydrogen) atoms. The van der Waals surface area contributed by atoms with Crippen LogP contribution in [0.3, 0.4) is 0 Å². The van der Waals surface area contributed by atoms with Crippen molar-refractivity contribution in [2.24, 2.45) is 0 Å². The number of imide groups is 2. The highest BCUT2D eigenvalue weighted by Crippen LogP contribution is 2.27. The molecule has 0 saturated carbocycles. The van der Waals surface area contributed by atoms with Crippen LogP contribution < -0.4 is 10.6 Å². The molecule has 0 bridgehead atoms. The van der Waals surface area contributed by atoms with Crippen molar-refractivity contribution in [2.75, 3.05) is 7.05 Å². The zero-order valence-electron chi connectivity index (χ0n) is 11.5. The molecule has 2 N–H and O–H groups in total. The van der Waals surface area contributed by atoms with Gasteiger partial charge in [0.05, 0.1) is 11.1 Å². The van der Waals surface area contributed by atoms with E-state index in [1.54, 1.807) is 7.05 Å². The number of hydrogen-bond acceptors (Lipinski definition) is 5. The molecule has 1 atom stereocenters. The third kappa shape index (κ3) is 2.49. The Morgan fingerprint density at radius 2 is 1.90 bits per heavy atom. The van der Waals surface area contributed by atoms with Gasteiger partial charge < -0.3 is 5.32 Å². The molecule has 2 aliphatic rings. The number of carbonyl (C=O) groups is 4. The smallest absolute Gasteiger partial charge is 0.262 e. The second kappa shape index (κ2) is 5.74.